The van der Waals surface area contributed by atoms with Gasteiger partial charge in [0.15, 0.2) is 22.8 Å². The molecular formula is C23H29FO6. The Hall–Kier alpha value is -1.57. The van der Waals surface area contributed by atoms with Gasteiger partial charge >= 0.3 is 5.97 Å². The number of carboxylic acid groups (broad SMARTS) is 1. The van der Waals surface area contributed by atoms with E-state index in [1.807, 2.05) is 6.92 Å². The molecule has 6 nitrogen and oxygen atoms in total. The van der Waals surface area contributed by atoms with Gasteiger partial charge in [-0.15, -0.1) is 0 Å². The highest BCUT2D eigenvalue weighted by molar-refractivity contribution is 6.01. The minimum atomic E-state index is -1.99. The lowest BCUT2D eigenvalue weighted by molar-refractivity contribution is -0.251. The van der Waals surface area contributed by atoms with Gasteiger partial charge < -0.3 is 19.7 Å². The zero-order valence-corrected chi connectivity index (χ0v) is 17.8. The first-order valence-electron chi connectivity index (χ1n) is 10.7. The van der Waals surface area contributed by atoms with Crippen LogP contribution in [0.1, 0.15) is 53.4 Å². The van der Waals surface area contributed by atoms with Crippen molar-refractivity contribution in [3.63, 3.8) is 0 Å². The molecule has 4 fully saturated rings. The maximum Gasteiger partial charge on any atom is 0.339 e. The van der Waals surface area contributed by atoms with Gasteiger partial charge in [0.2, 0.25) is 0 Å². The van der Waals surface area contributed by atoms with Gasteiger partial charge in [0.05, 0.1) is 6.10 Å². The number of aliphatic hydroxyl groups is 1. The lowest BCUT2D eigenvalue weighted by Gasteiger charge is -2.62. The molecule has 0 amide bonds. The Bertz CT molecular complexity index is 909. The molecule has 5 rings (SSSR count). The summed E-state index contributed by atoms with van der Waals surface area (Å²) in [7, 11) is 0. The smallest absolute Gasteiger partial charge is 0.339 e. The maximum absolute atomic E-state index is 17.0. The Morgan fingerprint density at radius 2 is 1.93 bits per heavy atom. The summed E-state index contributed by atoms with van der Waals surface area (Å²) in [5.41, 5.74) is -5.00. The molecular weight excluding hydrogens is 391 g/mol. The highest BCUT2D eigenvalue weighted by Crippen LogP contribution is 2.72. The van der Waals surface area contributed by atoms with Crippen LogP contribution in [0.25, 0.3) is 0 Å². The molecule has 3 saturated carbocycles. The van der Waals surface area contributed by atoms with Crippen LogP contribution in [-0.2, 0) is 19.1 Å². The van der Waals surface area contributed by atoms with E-state index < -0.39 is 52.0 Å². The van der Waals surface area contributed by atoms with E-state index in [1.54, 1.807) is 26.8 Å². The molecule has 0 aromatic heterocycles. The molecule has 0 radical (unpaired) electrons. The number of aliphatic carboxylic acids is 1. The molecule has 0 bridgehead atoms. The summed E-state index contributed by atoms with van der Waals surface area (Å²) in [4.78, 5) is 24.5. The normalized spacial score (nSPS) is 53.4. The van der Waals surface area contributed by atoms with Crippen molar-refractivity contribution in [3.05, 3.63) is 23.8 Å². The van der Waals surface area contributed by atoms with Gasteiger partial charge in [-0.3, -0.25) is 4.79 Å². The van der Waals surface area contributed by atoms with Crippen LogP contribution in [-0.4, -0.2) is 51.2 Å². The van der Waals surface area contributed by atoms with Crippen LogP contribution in [0.4, 0.5) is 4.39 Å². The predicted octanol–water partition coefficient (Wildman–Crippen LogP) is 2.94. The Morgan fingerprint density at radius 3 is 2.60 bits per heavy atom. The fourth-order valence-electron chi connectivity index (χ4n) is 7.68. The van der Waals surface area contributed by atoms with Crippen LogP contribution in [0.2, 0.25) is 0 Å². The lowest BCUT2D eigenvalue weighted by Crippen LogP contribution is -2.69. The first kappa shape index (κ1) is 20.3. The topological polar surface area (TPSA) is 93.1 Å². The maximum atomic E-state index is 17.0. The van der Waals surface area contributed by atoms with E-state index >= 15 is 4.39 Å². The quantitative estimate of drug-likeness (QED) is 0.678. The van der Waals surface area contributed by atoms with Crippen molar-refractivity contribution in [1.29, 1.82) is 0 Å². The Kier molecular flexibility index (Phi) is 3.81. The van der Waals surface area contributed by atoms with E-state index in [4.69, 9.17) is 9.47 Å². The molecule has 7 heteroatoms. The molecule has 0 spiro atoms. The number of hydrogen-bond donors (Lipinski definition) is 2. The van der Waals surface area contributed by atoms with Crippen molar-refractivity contribution in [2.45, 2.75) is 82.6 Å². The first-order chi connectivity index (χ1) is 13.8. The summed E-state index contributed by atoms with van der Waals surface area (Å²) in [5, 5.41) is 21.6. The van der Waals surface area contributed by atoms with Crippen LogP contribution in [0, 0.1) is 22.7 Å². The highest BCUT2D eigenvalue weighted by Gasteiger charge is 2.80. The van der Waals surface area contributed by atoms with E-state index in [0.29, 0.717) is 24.8 Å². The average molecular weight is 420 g/mol. The number of allylic oxidation sites excluding steroid dienone is 4. The Labute approximate surface area is 175 Å². The second-order valence-corrected chi connectivity index (χ2v) is 10.6. The number of ketones is 1. The second kappa shape index (κ2) is 5.61. The largest absolute Gasteiger partial charge is 0.479 e. The SMILES string of the molecule is CC1(C)O[C@@H]2C[C@@H]3[C@H]4CCC5=CC(=O)C=C[C@]5(C)[C@]4(F)[C@@H](O)C[C@@]3(C)[C@@]2(C(=O)O)O1. The number of hydrogen-bond acceptors (Lipinski definition) is 5. The van der Waals surface area contributed by atoms with Gasteiger partial charge in [-0.2, -0.15) is 0 Å². The third-order valence-electron chi connectivity index (χ3n) is 8.95. The molecule has 1 saturated heterocycles. The minimum absolute atomic E-state index is 0.0441. The summed E-state index contributed by atoms with van der Waals surface area (Å²) in [6.45, 7) is 6.94. The van der Waals surface area contributed by atoms with Crippen molar-refractivity contribution < 1.29 is 33.7 Å². The molecule has 30 heavy (non-hydrogen) atoms. The number of carbonyl (C=O) groups excluding carboxylic acids is 1. The molecule has 0 aromatic carbocycles. The van der Waals surface area contributed by atoms with E-state index in [-0.39, 0.29) is 18.1 Å². The molecule has 2 N–H and O–H groups in total. The van der Waals surface area contributed by atoms with Gasteiger partial charge in [-0.1, -0.05) is 18.6 Å². The summed E-state index contributed by atoms with van der Waals surface area (Å²) in [5.74, 6) is -3.24. The molecule has 4 aliphatic carbocycles. The molecule has 8 atom stereocenters. The summed E-state index contributed by atoms with van der Waals surface area (Å²) < 4.78 is 29.1. The van der Waals surface area contributed by atoms with Crippen LogP contribution in [0.15, 0.2) is 23.8 Å². The fourth-order valence-corrected chi connectivity index (χ4v) is 7.68. The number of aliphatic hydroxyl groups excluding tert-OH is 1. The van der Waals surface area contributed by atoms with Crippen LogP contribution >= 0.6 is 0 Å². The lowest BCUT2D eigenvalue weighted by atomic mass is 9.45. The number of alkyl halides is 1. The van der Waals surface area contributed by atoms with Gasteiger partial charge in [-0.25, -0.2) is 9.18 Å². The van der Waals surface area contributed by atoms with Crippen molar-refractivity contribution in [3.8, 4) is 0 Å². The zero-order valence-electron chi connectivity index (χ0n) is 17.8. The predicted molar refractivity (Wildman–Crippen MR) is 104 cm³/mol. The van der Waals surface area contributed by atoms with Gasteiger partial charge in [0.1, 0.15) is 6.10 Å². The molecule has 1 heterocycles. The van der Waals surface area contributed by atoms with Gasteiger partial charge in [-0.05, 0) is 64.5 Å². The van der Waals surface area contributed by atoms with Crippen LogP contribution in [0.3, 0.4) is 0 Å². The Balaban J connectivity index is 1.64. The standard InChI is InChI=1S/C23H29FO6/c1-19(2)29-17-10-15-14-6-5-12-9-13(25)7-8-20(12,3)22(14,24)16(26)11-21(15,4)23(17,30-19)18(27)28/h7-9,14-17,26H,5-6,10-11H2,1-4H3,(H,27,28)/t14-,15-,16+,17-,20+,21-,22-,23-/m1/s1. The van der Waals surface area contributed by atoms with Crippen LogP contribution in [0.5, 0.6) is 0 Å². The van der Waals surface area contributed by atoms with Crippen molar-refractivity contribution in [2.24, 2.45) is 22.7 Å². The van der Waals surface area contributed by atoms with Crippen molar-refractivity contribution >= 4 is 11.8 Å². The number of halogens is 1. The second-order valence-electron chi connectivity index (χ2n) is 10.6. The van der Waals surface area contributed by atoms with E-state index in [0.717, 1.165) is 0 Å². The minimum Gasteiger partial charge on any atom is -0.479 e. The van der Waals surface area contributed by atoms with Crippen molar-refractivity contribution in [2.75, 3.05) is 0 Å². The van der Waals surface area contributed by atoms with E-state index in [1.165, 1.54) is 12.2 Å². The third-order valence-corrected chi connectivity index (χ3v) is 8.95. The number of carboxylic acids is 1. The summed E-state index contributed by atoms with van der Waals surface area (Å²) in [6, 6.07) is 0. The summed E-state index contributed by atoms with van der Waals surface area (Å²) in [6.07, 6.45) is 3.69. The van der Waals surface area contributed by atoms with Crippen molar-refractivity contribution in [1.82, 2.24) is 0 Å². The fraction of sp³-hybridized carbons (Fsp3) is 0.739. The monoisotopic (exact) mass is 420 g/mol. The first-order valence-corrected chi connectivity index (χ1v) is 10.7. The molecule has 1 aliphatic heterocycles. The average Bonchev–Trinajstić information content (AvgIpc) is 3.04. The number of fused-ring (bicyclic) bond motifs is 7. The third kappa shape index (κ3) is 2.04. The molecule has 0 unspecified atom stereocenters. The molecule has 5 aliphatic rings. The number of ether oxygens (including phenoxy) is 2. The van der Waals surface area contributed by atoms with Gasteiger partial charge in [0, 0.05) is 16.7 Å². The number of carbonyl (C=O) groups is 2. The van der Waals surface area contributed by atoms with E-state index in [2.05, 4.69) is 0 Å². The van der Waals surface area contributed by atoms with Crippen LogP contribution < -0.4 is 0 Å². The number of rotatable bonds is 1. The van der Waals surface area contributed by atoms with Gasteiger partial charge in [0.25, 0.3) is 0 Å². The molecule has 164 valence electrons. The Morgan fingerprint density at radius 1 is 1.23 bits per heavy atom. The zero-order chi connectivity index (χ0) is 21.9. The van der Waals surface area contributed by atoms with E-state index in [9.17, 15) is 19.8 Å². The summed E-state index contributed by atoms with van der Waals surface area (Å²) >= 11 is 0. The highest BCUT2D eigenvalue weighted by atomic mass is 19.1. The molecule has 0 aromatic rings.